The van der Waals surface area contributed by atoms with Crippen LogP contribution in [0.2, 0.25) is 0 Å². The zero-order chi connectivity index (χ0) is 19.8. The first-order valence-corrected chi connectivity index (χ1v) is 9.44. The van der Waals surface area contributed by atoms with E-state index in [0.717, 1.165) is 28.3 Å². The largest absolute Gasteiger partial charge is 0.497 e. The maximum atomic E-state index is 13.0. The molecular formula is C23H20FNO2S. The van der Waals surface area contributed by atoms with E-state index in [1.807, 2.05) is 48.5 Å². The summed E-state index contributed by atoms with van der Waals surface area (Å²) in [5.41, 5.74) is 2.81. The Morgan fingerprint density at radius 3 is 2.36 bits per heavy atom. The molecule has 0 saturated heterocycles. The Bertz CT molecular complexity index is 965. The van der Waals surface area contributed by atoms with E-state index in [9.17, 15) is 4.39 Å². The minimum atomic E-state index is -0.268. The normalized spacial score (nSPS) is 9.96. The van der Waals surface area contributed by atoms with E-state index in [0.29, 0.717) is 6.54 Å². The van der Waals surface area contributed by atoms with Gasteiger partial charge in [-0.15, -0.1) is 0 Å². The average Bonchev–Trinajstić information content (AvgIpc) is 2.75. The van der Waals surface area contributed by atoms with Gasteiger partial charge in [-0.1, -0.05) is 24.1 Å². The Labute approximate surface area is 169 Å². The lowest BCUT2D eigenvalue weighted by Gasteiger charge is -2.22. The molecule has 0 atom stereocenters. The highest BCUT2D eigenvalue weighted by atomic mass is 32.2. The summed E-state index contributed by atoms with van der Waals surface area (Å²) in [5.74, 6) is 4.29. The number of ether oxygens (including phenoxy) is 2. The van der Waals surface area contributed by atoms with Gasteiger partial charge in [0.2, 0.25) is 0 Å². The van der Waals surface area contributed by atoms with Gasteiger partial charge in [-0.3, -0.25) is 0 Å². The molecule has 3 aromatic rings. The Kier molecular flexibility index (Phi) is 6.83. The van der Waals surface area contributed by atoms with Crippen molar-refractivity contribution in [3.8, 4) is 22.7 Å². The lowest BCUT2D eigenvalue weighted by molar-refractivity contribution is 0.391. The van der Waals surface area contributed by atoms with Crippen molar-refractivity contribution in [3.05, 3.63) is 89.7 Å². The summed E-state index contributed by atoms with van der Waals surface area (Å²) in [4.78, 5) is 0. The van der Waals surface area contributed by atoms with Gasteiger partial charge in [0.05, 0.1) is 20.8 Å². The molecule has 28 heavy (non-hydrogen) atoms. The standard InChI is InChI=1S/C23H20FNO2S/c1-26-22-13-10-19(23(16-22)27-2)17-25(21-6-4-3-5-7-21)28-15-14-18-8-11-20(24)12-9-18/h3-13,16H,17H2,1-2H3. The topological polar surface area (TPSA) is 21.7 Å². The highest BCUT2D eigenvalue weighted by Crippen LogP contribution is 2.30. The van der Waals surface area contributed by atoms with Gasteiger partial charge in [-0.25, -0.2) is 4.39 Å². The van der Waals surface area contributed by atoms with Gasteiger partial charge >= 0.3 is 0 Å². The molecule has 0 spiro atoms. The summed E-state index contributed by atoms with van der Waals surface area (Å²) in [7, 11) is 3.28. The summed E-state index contributed by atoms with van der Waals surface area (Å²) in [5, 5.41) is 3.10. The van der Waals surface area contributed by atoms with Gasteiger partial charge in [-0.2, -0.15) is 0 Å². The van der Waals surface area contributed by atoms with Crippen LogP contribution >= 0.6 is 11.9 Å². The van der Waals surface area contributed by atoms with E-state index >= 15 is 0 Å². The van der Waals surface area contributed by atoms with Crippen LogP contribution in [0.4, 0.5) is 10.1 Å². The van der Waals surface area contributed by atoms with Gasteiger partial charge < -0.3 is 13.8 Å². The van der Waals surface area contributed by atoms with E-state index in [1.54, 1.807) is 26.4 Å². The lowest BCUT2D eigenvalue weighted by Crippen LogP contribution is -2.13. The van der Waals surface area contributed by atoms with Crippen LogP contribution in [-0.2, 0) is 6.54 Å². The SMILES string of the molecule is COc1ccc(CN(SC#Cc2ccc(F)cc2)c2ccccc2)c(OC)c1. The van der Waals surface area contributed by atoms with Crippen molar-refractivity contribution in [2.24, 2.45) is 0 Å². The monoisotopic (exact) mass is 393 g/mol. The minimum Gasteiger partial charge on any atom is -0.497 e. The zero-order valence-corrected chi connectivity index (χ0v) is 16.5. The molecule has 0 bridgehead atoms. The maximum absolute atomic E-state index is 13.0. The zero-order valence-electron chi connectivity index (χ0n) is 15.7. The molecular weight excluding hydrogens is 373 g/mol. The fourth-order valence-corrected chi connectivity index (χ4v) is 3.28. The quantitative estimate of drug-likeness (QED) is 0.407. The van der Waals surface area contributed by atoms with Crippen LogP contribution in [0.1, 0.15) is 11.1 Å². The molecule has 0 N–H and O–H groups in total. The van der Waals surface area contributed by atoms with Crippen molar-refractivity contribution in [2.75, 3.05) is 18.5 Å². The van der Waals surface area contributed by atoms with Crippen molar-refractivity contribution in [2.45, 2.75) is 6.54 Å². The Morgan fingerprint density at radius 1 is 0.929 bits per heavy atom. The second-order valence-electron chi connectivity index (χ2n) is 5.88. The molecule has 0 aromatic heterocycles. The number of hydrogen-bond donors (Lipinski definition) is 0. The molecule has 0 unspecified atom stereocenters. The third-order valence-corrected chi connectivity index (χ3v) is 4.80. The van der Waals surface area contributed by atoms with Crippen molar-refractivity contribution in [3.63, 3.8) is 0 Å². The van der Waals surface area contributed by atoms with Crippen molar-refractivity contribution in [1.82, 2.24) is 0 Å². The van der Waals surface area contributed by atoms with E-state index in [4.69, 9.17) is 9.47 Å². The first-order valence-electron chi connectivity index (χ1n) is 8.66. The van der Waals surface area contributed by atoms with Gasteiger partial charge in [0, 0.05) is 34.8 Å². The molecule has 142 valence electrons. The third-order valence-electron chi connectivity index (χ3n) is 4.05. The van der Waals surface area contributed by atoms with Crippen LogP contribution in [0.15, 0.2) is 72.8 Å². The number of nitrogens with zero attached hydrogens (tertiary/aromatic N) is 1. The molecule has 3 nitrogen and oxygen atoms in total. The van der Waals surface area contributed by atoms with E-state index in [2.05, 4.69) is 15.5 Å². The Balaban J connectivity index is 1.83. The molecule has 0 heterocycles. The van der Waals surface area contributed by atoms with E-state index in [1.165, 1.54) is 24.1 Å². The van der Waals surface area contributed by atoms with Crippen LogP contribution in [0.5, 0.6) is 11.5 Å². The highest BCUT2D eigenvalue weighted by molar-refractivity contribution is 8.05. The number of hydrogen-bond acceptors (Lipinski definition) is 4. The van der Waals surface area contributed by atoms with Crippen LogP contribution < -0.4 is 13.8 Å². The number of halogens is 1. The Hall–Kier alpha value is -3.10. The minimum absolute atomic E-state index is 0.268. The molecule has 0 aliphatic carbocycles. The fraction of sp³-hybridized carbons (Fsp3) is 0.130. The molecule has 0 amide bonds. The molecule has 0 fully saturated rings. The van der Waals surface area contributed by atoms with Crippen molar-refractivity contribution in [1.29, 1.82) is 0 Å². The van der Waals surface area contributed by atoms with E-state index < -0.39 is 0 Å². The number of para-hydroxylation sites is 1. The molecule has 0 radical (unpaired) electrons. The predicted octanol–water partition coefficient (Wildman–Crippen LogP) is 5.51. The summed E-state index contributed by atoms with van der Waals surface area (Å²) < 4.78 is 25.9. The van der Waals surface area contributed by atoms with Gasteiger partial charge in [-0.05, 0) is 53.8 Å². The lowest BCUT2D eigenvalue weighted by atomic mass is 10.2. The van der Waals surface area contributed by atoms with Gasteiger partial charge in [0.1, 0.15) is 17.3 Å². The second kappa shape index (κ2) is 9.72. The number of methoxy groups -OCH3 is 2. The molecule has 0 aliphatic heterocycles. The first kappa shape index (κ1) is 19.7. The first-order chi connectivity index (χ1) is 13.7. The van der Waals surface area contributed by atoms with Crippen LogP contribution in [-0.4, -0.2) is 14.2 Å². The molecule has 3 aromatic carbocycles. The number of anilines is 1. The fourth-order valence-electron chi connectivity index (χ4n) is 2.58. The summed E-state index contributed by atoms with van der Waals surface area (Å²) in [6, 6.07) is 21.9. The molecule has 3 rings (SSSR count). The Morgan fingerprint density at radius 2 is 1.68 bits per heavy atom. The van der Waals surface area contributed by atoms with Crippen molar-refractivity contribution < 1.29 is 13.9 Å². The number of benzene rings is 3. The van der Waals surface area contributed by atoms with Gasteiger partial charge in [0.15, 0.2) is 0 Å². The maximum Gasteiger partial charge on any atom is 0.127 e. The summed E-state index contributed by atoms with van der Waals surface area (Å²) in [6.07, 6.45) is 0. The average molecular weight is 393 g/mol. The van der Waals surface area contributed by atoms with Crippen LogP contribution in [0.3, 0.4) is 0 Å². The van der Waals surface area contributed by atoms with Crippen LogP contribution in [0, 0.1) is 17.0 Å². The smallest absolute Gasteiger partial charge is 0.127 e. The van der Waals surface area contributed by atoms with Crippen LogP contribution in [0.25, 0.3) is 0 Å². The summed E-state index contributed by atoms with van der Waals surface area (Å²) in [6.45, 7) is 0.597. The van der Waals surface area contributed by atoms with Gasteiger partial charge in [0.25, 0.3) is 0 Å². The van der Waals surface area contributed by atoms with E-state index in [-0.39, 0.29) is 5.82 Å². The third kappa shape index (κ3) is 5.21. The predicted molar refractivity (Wildman–Crippen MR) is 113 cm³/mol. The molecule has 5 heteroatoms. The highest BCUT2D eigenvalue weighted by Gasteiger charge is 2.12. The second-order valence-corrected chi connectivity index (χ2v) is 6.70. The van der Waals surface area contributed by atoms with Crippen molar-refractivity contribution >= 4 is 17.6 Å². The number of rotatable bonds is 6. The summed E-state index contributed by atoms with van der Waals surface area (Å²) >= 11 is 1.39. The molecule has 0 saturated carbocycles. The molecule has 0 aliphatic rings.